The molecule has 10 heteroatoms. The van der Waals surface area contributed by atoms with Gasteiger partial charge in [0.25, 0.3) is 0 Å². The zero-order chi connectivity index (χ0) is 17.5. The van der Waals surface area contributed by atoms with E-state index in [0.717, 1.165) is 12.4 Å². The smallest absolute Gasteiger partial charge is 0.451 e. The van der Waals surface area contributed by atoms with Gasteiger partial charge in [-0.3, -0.25) is 9.00 Å². The van der Waals surface area contributed by atoms with Gasteiger partial charge in [0.15, 0.2) is 0 Å². The molecule has 0 fully saturated rings. The molecule has 24 heavy (non-hydrogen) atoms. The first kappa shape index (κ1) is 16.3. The molecule has 3 rings (SSSR count). The molecule has 1 aliphatic carbocycles. The molecule has 0 radical (unpaired) electrons. The zero-order valence-electron chi connectivity index (χ0n) is 11.6. The molecule has 1 aliphatic rings. The molecule has 0 spiro atoms. The minimum atomic E-state index is -4.74. The number of rotatable bonds is 3. The van der Waals surface area contributed by atoms with Crippen LogP contribution in [0, 0.1) is 0 Å². The standard InChI is InChI=1S/C14H8F3N3O3S/c15-14(16,17)13-18-6-10-8-2-1-7(3-4-19-24(22)23)5-9(8)12(21)11(10)20-13/h1-6,19H,(H,22,23)/p-1. The van der Waals surface area contributed by atoms with Gasteiger partial charge in [-0.25, -0.2) is 9.97 Å². The first-order valence-electron chi connectivity index (χ1n) is 6.42. The van der Waals surface area contributed by atoms with Crippen LogP contribution < -0.4 is 4.72 Å². The van der Waals surface area contributed by atoms with Crippen LogP contribution in [0.4, 0.5) is 13.2 Å². The lowest BCUT2D eigenvalue weighted by Crippen LogP contribution is -2.13. The Bertz CT molecular complexity index is 897. The summed E-state index contributed by atoms with van der Waals surface area (Å²) in [4.78, 5) is 18.9. The molecule has 1 atom stereocenters. The number of halogens is 3. The summed E-state index contributed by atoms with van der Waals surface area (Å²) in [7, 11) is 0. The first-order chi connectivity index (χ1) is 11.3. The van der Waals surface area contributed by atoms with Gasteiger partial charge in [0.2, 0.25) is 11.6 Å². The van der Waals surface area contributed by atoms with Crippen molar-refractivity contribution in [2.75, 3.05) is 0 Å². The van der Waals surface area contributed by atoms with Crippen molar-refractivity contribution in [1.29, 1.82) is 0 Å². The Kier molecular flexibility index (Phi) is 3.93. The SMILES string of the molecule is O=C1c2cc(C=CNS(=O)[O-])ccc2-c2cnc(C(F)(F)F)nc21. The second-order valence-corrected chi connectivity index (χ2v) is 5.48. The van der Waals surface area contributed by atoms with Crippen molar-refractivity contribution in [3.63, 3.8) is 0 Å². The van der Waals surface area contributed by atoms with E-state index in [1.807, 2.05) is 4.72 Å². The fraction of sp³-hybridized carbons (Fsp3) is 0.0714. The van der Waals surface area contributed by atoms with Gasteiger partial charge in [-0.2, -0.15) is 13.2 Å². The van der Waals surface area contributed by atoms with Gasteiger partial charge in [0.05, 0.1) is 0 Å². The molecular weight excluding hydrogens is 347 g/mol. The van der Waals surface area contributed by atoms with Crippen LogP contribution in [0.3, 0.4) is 0 Å². The average molecular weight is 354 g/mol. The summed E-state index contributed by atoms with van der Waals surface area (Å²) in [6.45, 7) is 0. The van der Waals surface area contributed by atoms with Gasteiger partial charge >= 0.3 is 6.18 Å². The highest BCUT2D eigenvalue weighted by atomic mass is 32.2. The molecule has 1 aromatic heterocycles. The quantitative estimate of drug-likeness (QED) is 0.727. The van der Waals surface area contributed by atoms with Crippen molar-refractivity contribution in [3.05, 3.63) is 53.2 Å². The Labute approximate surface area is 135 Å². The molecule has 1 unspecified atom stereocenters. The number of carbonyl (C=O) groups is 1. The third-order valence-electron chi connectivity index (χ3n) is 3.28. The fourth-order valence-corrected chi connectivity index (χ4v) is 2.47. The van der Waals surface area contributed by atoms with Gasteiger partial charge in [-0.15, -0.1) is 0 Å². The van der Waals surface area contributed by atoms with Gasteiger partial charge in [-0.05, 0) is 23.3 Å². The van der Waals surface area contributed by atoms with Gasteiger partial charge in [0, 0.05) is 34.8 Å². The molecule has 0 saturated heterocycles. The maximum absolute atomic E-state index is 12.7. The molecule has 6 nitrogen and oxygen atoms in total. The lowest BCUT2D eigenvalue weighted by atomic mass is 10.0. The Morgan fingerprint density at radius 1 is 1.21 bits per heavy atom. The van der Waals surface area contributed by atoms with Crippen LogP contribution >= 0.6 is 0 Å². The van der Waals surface area contributed by atoms with Crippen molar-refractivity contribution in [2.45, 2.75) is 6.18 Å². The summed E-state index contributed by atoms with van der Waals surface area (Å²) >= 11 is -2.47. The number of nitrogens with zero attached hydrogens (tertiary/aromatic N) is 2. The van der Waals surface area contributed by atoms with E-state index in [1.165, 1.54) is 12.1 Å². The minimum Gasteiger partial charge on any atom is -0.755 e. The van der Waals surface area contributed by atoms with Crippen LogP contribution in [-0.2, 0) is 17.4 Å². The molecule has 2 aromatic rings. The maximum Gasteiger partial charge on any atom is 0.451 e. The van der Waals surface area contributed by atoms with Crippen molar-refractivity contribution in [1.82, 2.24) is 14.7 Å². The fourth-order valence-electron chi connectivity index (χ4n) is 2.29. The Balaban J connectivity index is 1.99. The van der Waals surface area contributed by atoms with E-state index in [9.17, 15) is 26.7 Å². The number of aromatic nitrogens is 2. The van der Waals surface area contributed by atoms with E-state index in [0.29, 0.717) is 11.1 Å². The monoisotopic (exact) mass is 354 g/mol. The van der Waals surface area contributed by atoms with Crippen LogP contribution in [0.25, 0.3) is 17.2 Å². The highest BCUT2D eigenvalue weighted by Gasteiger charge is 2.38. The van der Waals surface area contributed by atoms with Crippen LogP contribution in [0.1, 0.15) is 27.4 Å². The summed E-state index contributed by atoms with van der Waals surface area (Å²) in [5, 5.41) is 0. The van der Waals surface area contributed by atoms with Crippen LogP contribution in [0.15, 0.2) is 30.6 Å². The van der Waals surface area contributed by atoms with Crippen LogP contribution in [0.2, 0.25) is 0 Å². The van der Waals surface area contributed by atoms with Crippen molar-refractivity contribution < 1.29 is 26.7 Å². The highest BCUT2D eigenvalue weighted by molar-refractivity contribution is 7.77. The summed E-state index contributed by atoms with van der Waals surface area (Å²) in [5.41, 5.74) is 1.05. The summed E-state index contributed by atoms with van der Waals surface area (Å²) in [5.74, 6) is -2.01. The summed E-state index contributed by atoms with van der Waals surface area (Å²) in [6, 6.07) is 4.58. The lowest BCUT2D eigenvalue weighted by molar-refractivity contribution is -0.145. The van der Waals surface area contributed by atoms with Crippen molar-refractivity contribution in [3.8, 4) is 11.1 Å². The van der Waals surface area contributed by atoms with E-state index in [1.54, 1.807) is 12.1 Å². The van der Waals surface area contributed by atoms with Crippen LogP contribution in [0.5, 0.6) is 0 Å². The van der Waals surface area contributed by atoms with E-state index in [2.05, 4.69) is 9.97 Å². The predicted molar refractivity (Wildman–Crippen MR) is 77.0 cm³/mol. The van der Waals surface area contributed by atoms with Crippen LogP contribution in [-0.4, -0.2) is 24.5 Å². The molecule has 1 heterocycles. The van der Waals surface area contributed by atoms with Crippen molar-refractivity contribution in [2.24, 2.45) is 0 Å². The summed E-state index contributed by atoms with van der Waals surface area (Å²) in [6.07, 6.45) is -1.21. The van der Waals surface area contributed by atoms with Gasteiger partial charge in [-0.1, -0.05) is 12.1 Å². The average Bonchev–Trinajstić information content (AvgIpc) is 2.79. The second kappa shape index (κ2) is 5.80. The molecule has 1 N–H and O–H groups in total. The summed E-state index contributed by atoms with van der Waals surface area (Å²) < 4.78 is 60.8. The largest absolute Gasteiger partial charge is 0.755 e. The third-order valence-corrected chi connectivity index (χ3v) is 3.60. The van der Waals surface area contributed by atoms with Gasteiger partial charge in [0.1, 0.15) is 5.69 Å². The lowest BCUT2D eigenvalue weighted by Gasteiger charge is -2.05. The normalized spacial score (nSPS) is 14.6. The van der Waals surface area contributed by atoms with E-state index in [-0.39, 0.29) is 16.8 Å². The molecular formula is C14H7F3N3O3S-. The van der Waals surface area contributed by atoms with E-state index < -0.39 is 29.1 Å². The van der Waals surface area contributed by atoms with Gasteiger partial charge < -0.3 is 9.27 Å². The number of hydrogen-bond acceptors (Lipinski definition) is 5. The number of carbonyl (C=O) groups excluding carboxylic acids is 1. The Hall–Kier alpha value is -2.59. The number of alkyl halides is 3. The number of fused-ring (bicyclic) bond motifs is 3. The number of ketones is 1. The second-order valence-electron chi connectivity index (χ2n) is 4.77. The molecule has 124 valence electrons. The van der Waals surface area contributed by atoms with E-state index >= 15 is 0 Å². The molecule has 0 amide bonds. The topological polar surface area (TPSA) is 95.0 Å². The molecule has 1 aromatic carbocycles. The molecule has 0 bridgehead atoms. The zero-order valence-corrected chi connectivity index (χ0v) is 12.4. The number of hydrogen-bond donors (Lipinski definition) is 1. The predicted octanol–water partition coefficient (Wildman–Crippen LogP) is 2.06. The van der Waals surface area contributed by atoms with E-state index in [4.69, 9.17) is 0 Å². The number of benzene rings is 1. The molecule has 0 saturated carbocycles. The van der Waals surface area contributed by atoms with Crippen molar-refractivity contribution >= 4 is 23.1 Å². The third kappa shape index (κ3) is 2.93. The molecule has 0 aliphatic heterocycles. The Morgan fingerprint density at radius 2 is 1.96 bits per heavy atom. The maximum atomic E-state index is 12.7. The highest BCUT2D eigenvalue weighted by Crippen LogP contribution is 2.37. The number of nitrogens with one attached hydrogen (secondary N) is 1. The minimum absolute atomic E-state index is 0.184. The first-order valence-corrected chi connectivity index (χ1v) is 7.50. The Morgan fingerprint density at radius 3 is 2.62 bits per heavy atom.